The minimum absolute atomic E-state index is 0.256. The van der Waals surface area contributed by atoms with Crippen LogP contribution >= 0.6 is 0 Å². The van der Waals surface area contributed by atoms with E-state index in [9.17, 15) is 5.11 Å². The molecule has 2 rings (SSSR count). The number of likely N-dealkylation sites (tertiary alicyclic amines) is 1. The third-order valence-electron chi connectivity index (χ3n) is 4.01. The Bertz CT molecular complexity index is 403. The number of hydrogen-bond acceptors (Lipinski definition) is 3. The average molecular weight is 262 g/mol. The Labute approximate surface area is 116 Å². The summed E-state index contributed by atoms with van der Waals surface area (Å²) >= 11 is 0. The molecule has 1 saturated heterocycles. The van der Waals surface area contributed by atoms with Crippen molar-refractivity contribution in [1.82, 2.24) is 9.88 Å². The van der Waals surface area contributed by atoms with E-state index in [1.807, 2.05) is 6.92 Å². The first-order valence-electron chi connectivity index (χ1n) is 7.46. The minimum Gasteiger partial charge on any atom is -0.392 e. The van der Waals surface area contributed by atoms with Crippen LogP contribution in [-0.2, 0) is 6.54 Å². The van der Waals surface area contributed by atoms with Crippen LogP contribution in [0.25, 0.3) is 0 Å². The average Bonchev–Trinajstić information content (AvgIpc) is 2.39. The fourth-order valence-corrected chi connectivity index (χ4v) is 2.88. The Kier molecular flexibility index (Phi) is 4.94. The number of hydrogen-bond donors (Lipinski definition) is 1. The number of rotatable bonds is 4. The van der Waals surface area contributed by atoms with Crippen molar-refractivity contribution in [1.29, 1.82) is 0 Å². The largest absolute Gasteiger partial charge is 0.392 e. The Hall–Kier alpha value is -0.930. The van der Waals surface area contributed by atoms with E-state index in [1.54, 1.807) is 0 Å². The van der Waals surface area contributed by atoms with Crippen LogP contribution < -0.4 is 0 Å². The number of nitrogens with zero attached hydrogens (tertiary/aromatic N) is 2. The highest BCUT2D eigenvalue weighted by molar-refractivity contribution is 5.14. The van der Waals surface area contributed by atoms with Gasteiger partial charge in [0.1, 0.15) is 0 Å². The summed E-state index contributed by atoms with van der Waals surface area (Å²) in [5, 5.41) is 9.91. The van der Waals surface area contributed by atoms with Gasteiger partial charge < -0.3 is 5.11 Å². The molecule has 106 valence electrons. The zero-order valence-electron chi connectivity index (χ0n) is 12.3. The van der Waals surface area contributed by atoms with Gasteiger partial charge in [0.25, 0.3) is 0 Å². The van der Waals surface area contributed by atoms with E-state index in [2.05, 4.69) is 36.9 Å². The van der Waals surface area contributed by atoms with E-state index < -0.39 is 0 Å². The molecule has 1 aliphatic rings. The maximum absolute atomic E-state index is 9.91. The molecule has 2 heterocycles. The lowest BCUT2D eigenvalue weighted by Crippen LogP contribution is -2.45. The van der Waals surface area contributed by atoms with E-state index in [0.29, 0.717) is 12.0 Å². The minimum atomic E-state index is -0.256. The fourth-order valence-electron chi connectivity index (χ4n) is 2.88. The lowest BCUT2D eigenvalue weighted by molar-refractivity contribution is 0.0309. The van der Waals surface area contributed by atoms with E-state index in [4.69, 9.17) is 4.98 Å². The Morgan fingerprint density at radius 3 is 2.79 bits per heavy atom. The van der Waals surface area contributed by atoms with Gasteiger partial charge in [-0.25, -0.2) is 0 Å². The quantitative estimate of drug-likeness (QED) is 0.906. The van der Waals surface area contributed by atoms with Gasteiger partial charge in [0, 0.05) is 18.3 Å². The zero-order chi connectivity index (χ0) is 13.8. The zero-order valence-corrected chi connectivity index (χ0v) is 12.3. The molecule has 1 aromatic heterocycles. The lowest BCUT2D eigenvalue weighted by atomic mass is 9.98. The normalized spacial score (nSPS) is 22.7. The Morgan fingerprint density at radius 2 is 2.11 bits per heavy atom. The summed E-state index contributed by atoms with van der Waals surface area (Å²) in [5.41, 5.74) is 2.28. The van der Waals surface area contributed by atoms with Gasteiger partial charge in [0.05, 0.1) is 11.8 Å². The molecular formula is C16H26N2O. The standard InChI is InChI=1S/C16H26N2O/c1-12(2)15-8-6-7-14(17-15)11-18-10-5-4-9-16(18)13(3)19/h6-8,12-13,16,19H,4-5,9-11H2,1-3H3. The second-order valence-electron chi connectivity index (χ2n) is 5.98. The van der Waals surface area contributed by atoms with Gasteiger partial charge in [-0.2, -0.15) is 0 Å². The maximum Gasteiger partial charge on any atom is 0.0667 e. The van der Waals surface area contributed by atoms with Gasteiger partial charge in [-0.3, -0.25) is 9.88 Å². The van der Waals surface area contributed by atoms with E-state index >= 15 is 0 Å². The van der Waals surface area contributed by atoms with Crippen molar-refractivity contribution < 1.29 is 5.11 Å². The number of aliphatic hydroxyl groups excluding tert-OH is 1. The van der Waals surface area contributed by atoms with Gasteiger partial charge in [0.15, 0.2) is 0 Å². The Balaban J connectivity index is 2.08. The molecular weight excluding hydrogens is 236 g/mol. The van der Waals surface area contributed by atoms with Gasteiger partial charge >= 0.3 is 0 Å². The SMILES string of the molecule is CC(C)c1cccc(CN2CCCCC2C(C)O)n1. The van der Waals surface area contributed by atoms with Crippen LogP contribution in [-0.4, -0.2) is 33.7 Å². The second-order valence-corrected chi connectivity index (χ2v) is 5.98. The monoisotopic (exact) mass is 262 g/mol. The lowest BCUT2D eigenvalue weighted by Gasteiger charge is -2.37. The predicted octanol–water partition coefficient (Wildman–Crippen LogP) is 2.94. The van der Waals surface area contributed by atoms with Gasteiger partial charge in [-0.05, 0) is 44.4 Å². The highest BCUT2D eigenvalue weighted by Gasteiger charge is 2.26. The molecule has 0 radical (unpaired) electrons. The van der Waals surface area contributed by atoms with Crippen LogP contribution in [0.2, 0.25) is 0 Å². The first kappa shape index (κ1) is 14.5. The van der Waals surface area contributed by atoms with Crippen LogP contribution in [0.5, 0.6) is 0 Å². The molecule has 19 heavy (non-hydrogen) atoms. The molecule has 2 atom stereocenters. The number of aromatic nitrogens is 1. The van der Waals surface area contributed by atoms with Gasteiger partial charge in [-0.1, -0.05) is 26.3 Å². The van der Waals surface area contributed by atoms with Gasteiger partial charge in [0.2, 0.25) is 0 Å². The molecule has 0 aliphatic carbocycles. The van der Waals surface area contributed by atoms with Crippen molar-refractivity contribution in [3.63, 3.8) is 0 Å². The number of pyridine rings is 1. The molecule has 3 nitrogen and oxygen atoms in total. The van der Waals surface area contributed by atoms with Gasteiger partial charge in [-0.15, -0.1) is 0 Å². The Morgan fingerprint density at radius 1 is 1.32 bits per heavy atom. The van der Waals surface area contributed by atoms with Crippen LogP contribution in [0, 0.1) is 0 Å². The third-order valence-corrected chi connectivity index (χ3v) is 4.01. The second kappa shape index (κ2) is 6.49. The first-order chi connectivity index (χ1) is 9.08. The molecule has 1 N–H and O–H groups in total. The smallest absolute Gasteiger partial charge is 0.0667 e. The summed E-state index contributed by atoms with van der Waals surface area (Å²) in [6.07, 6.45) is 3.30. The molecule has 0 amide bonds. The molecule has 1 fully saturated rings. The van der Waals surface area contributed by atoms with E-state index in [1.165, 1.54) is 12.8 Å². The molecule has 3 heteroatoms. The molecule has 1 aliphatic heterocycles. The summed E-state index contributed by atoms with van der Waals surface area (Å²) < 4.78 is 0. The summed E-state index contributed by atoms with van der Waals surface area (Å²) in [7, 11) is 0. The summed E-state index contributed by atoms with van der Waals surface area (Å²) in [6, 6.07) is 6.58. The van der Waals surface area contributed by atoms with Crippen molar-refractivity contribution in [3.8, 4) is 0 Å². The molecule has 0 spiro atoms. The van der Waals surface area contributed by atoms with Crippen LogP contribution in [0.1, 0.15) is 57.3 Å². The molecule has 1 aromatic rings. The summed E-state index contributed by atoms with van der Waals surface area (Å²) in [6.45, 7) is 8.18. The van der Waals surface area contributed by atoms with Crippen molar-refractivity contribution in [3.05, 3.63) is 29.6 Å². The highest BCUT2D eigenvalue weighted by atomic mass is 16.3. The third kappa shape index (κ3) is 3.77. The molecule has 2 unspecified atom stereocenters. The molecule has 0 aromatic carbocycles. The fraction of sp³-hybridized carbons (Fsp3) is 0.688. The van der Waals surface area contributed by atoms with Crippen molar-refractivity contribution in [2.45, 2.75) is 64.6 Å². The van der Waals surface area contributed by atoms with Crippen molar-refractivity contribution in [2.24, 2.45) is 0 Å². The topological polar surface area (TPSA) is 36.4 Å². The summed E-state index contributed by atoms with van der Waals surface area (Å²) in [5.74, 6) is 0.467. The number of aliphatic hydroxyl groups is 1. The molecule has 0 bridgehead atoms. The van der Waals surface area contributed by atoms with Crippen molar-refractivity contribution >= 4 is 0 Å². The summed E-state index contributed by atoms with van der Waals surface area (Å²) in [4.78, 5) is 7.13. The predicted molar refractivity (Wildman–Crippen MR) is 78.1 cm³/mol. The highest BCUT2D eigenvalue weighted by Crippen LogP contribution is 2.22. The van der Waals surface area contributed by atoms with E-state index in [0.717, 1.165) is 30.9 Å². The molecule has 0 saturated carbocycles. The number of piperidine rings is 1. The van der Waals surface area contributed by atoms with Crippen LogP contribution in [0.4, 0.5) is 0 Å². The first-order valence-corrected chi connectivity index (χ1v) is 7.46. The van der Waals surface area contributed by atoms with Crippen molar-refractivity contribution in [2.75, 3.05) is 6.54 Å². The van der Waals surface area contributed by atoms with Crippen LogP contribution in [0.3, 0.4) is 0 Å². The van der Waals surface area contributed by atoms with Crippen LogP contribution in [0.15, 0.2) is 18.2 Å². The maximum atomic E-state index is 9.91. The van der Waals surface area contributed by atoms with E-state index in [-0.39, 0.29) is 6.10 Å².